The molecule has 0 atom stereocenters. The summed E-state index contributed by atoms with van der Waals surface area (Å²) in [5, 5.41) is 3.01. The molecule has 0 aromatic heterocycles. The summed E-state index contributed by atoms with van der Waals surface area (Å²) in [5.41, 5.74) is 2.08. The summed E-state index contributed by atoms with van der Waals surface area (Å²) >= 11 is 0. The van der Waals surface area contributed by atoms with Crippen LogP contribution in [0.4, 0.5) is 5.69 Å². The monoisotopic (exact) mass is 302 g/mol. The van der Waals surface area contributed by atoms with Gasteiger partial charge in [-0.15, -0.1) is 0 Å². The summed E-state index contributed by atoms with van der Waals surface area (Å²) in [6.45, 7) is 7.31. The maximum absolute atomic E-state index is 12.4. The lowest BCUT2D eigenvalue weighted by atomic mass is 9.95. The molecule has 1 aliphatic heterocycles. The zero-order valence-electron chi connectivity index (χ0n) is 13.8. The molecule has 1 aromatic rings. The van der Waals surface area contributed by atoms with Crippen molar-refractivity contribution in [3.8, 4) is 0 Å². The molecule has 0 bridgehead atoms. The molecule has 4 nitrogen and oxygen atoms in total. The maximum Gasteiger partial charge on any atom is 0.227 e. The Kier molecular flexibility index (Phi) is 5.58. The maximum atomic E-state index is 12.4. The largest absolute Gasteiger partial charge is 0.342 e. The number of likely N-dealkylation sites (tertiary alicyclic amines) is 1. The van der Waals surface area contributed by atoms with Crippen molar-refractivity contribution in [2.75, 3.05) is 18.4 Å². The van der Waals surface area contributed by atoms with Crippen molar-refractivity contribution in [3.05, 3.63) is 29.8 Å². The molecule has 4 heteroatoms. The number of carbonyl (C=O) groups is 2. The van der Waals surface area contributed by atoms with Gasteiger partial charge in [0.15, 0.2) is 0 Å². The minimum absolute atomic E-state index is 0.00138. The van der Waals surface area contributed by atoms with E-state index in [-0.39, 0.29) is 23.7 Å². The van der Waals surface area contributed by atoms with Gasteiger partial charge in [0.2, 0.25) is 11.8 Å². The van der Waals surface area contributed by atoms with Crippen LogP contribution in [0.3, 0.4) is 0 Å². The Hall–Kier alpha value is -1.84. The fourth-order valence-corrected chi connectivity index (χ4v) is 2.84. The standard InChI is InChI=1S/C18H26N2O2/c1-4-14-6-5-7-16(12-14)19-17(21)15-8-10-20(11-9-15)18(22)13(2)3/h5-7,12-13,15H,4,8-11H2,1-3H3,(H,19,21). The van der Waals surface area contributed by atoms with Crippen molar-refractivity contribution >= 4 is 17.5 Å². The van der Waals surface area contributed by atoms with Crippen LogP contribution >= 0.6 is 0 Å². The predicted octanol–water partition coefficient (Wildman–Crippen LogP) is 3.08. The molecule has 120 valence electrons. The lowest BCUT2D eigenvalue weighted by Gasteiger charge is -2.32. The second kappa shape index (κ2) is 7.43. The molecule has 0 saturated carbocycles. The van der Waals surface area contributed by atoms with Crippen molar-refractivity contribution in [2.45, 2.75) is 40.0 Å². The normalized spacial score (nSPS) is 15.9. The molecular formula is C18H26N2O2. The number of benzene rings is 1. The molecule has 1 fully saturated rings. The van der Waals surface area contributed by atoms with Crippen LogP contribution in [0.25, 0.3) is 0 Å². The van der Waals surface area contributed by atoms with E-state index in [1.54, 1.807) is 0 Å². The van der Waals surface area contributed by atoms with Crippen LogP contribution in [0.2, 0.25) is 0 Å². The Morgan fingerprint density at radius 3 is 2.55 bits per heavy atom. The molecule has 2 amide bonds. The first kappa shape index (κ1) is 16.5. The van der Waals surface area contributed by atoms with Gasteiger partial charge in [0.1, 0.15) is 0 Å². The zero-order chi connectivity index (χ0) is 16.1. The van der Waals surface area contributed by atoms with E-state index in [1.165, 1.54) is 5.56 Å². The van der Waals surface area contributed by atoms with Gasteiger partial charge in [0.25, 0.3) is 0 Å². The van der Waals surface area contributed by atoms with Gasteiger partial charge < -0.3 is 10.2 Å². The number of anilines is 1. The summed E-state index contributed by atoms with van der Waals surface area (Å²) in [4.78, 5) is 26.2. The van der Waals surface area contributed by atoms with Crippen LogP contribution in [-0.4, -0.2) is 29.8 Å². The minimum atomic E-state index is 0.00138. The third kappa shape index (κ3) is 4.09. The van der Waals surface area contributed by atoms with Crippen LogP contribution in [0.15, 0.2) is 24.3 Å². The van der Waals surface area contributed by atoms with E-state index in [0.717, 1.165) is 24.9 Å². The first-order valence-corrected chi connectivity index (χ1v) is 8.19. The van der Waals surface area contributed by atoms with Crippen molar-refractivity contribution in [1.82, 2.24) is 4.90 Å². The Morgan fingerprint density at radius 2 is 1.95 bits per heavy atom. The highest BCUT2D eigenvalue weighted by molar-refractivity contribution is 5.92. The van der Waals surface area contributed by atoms with Gasteiger partial charge in [-0.25, -0.2) is 0 Å². The first-order valence-electron chi connectivity index (χ1n) is 8.19. The number of carbonyl (C=O) groups excluding carboxylic acids is 2. The fourth-order valence-electron chi connectivity index (χ4n) is 2.84. The van der Waals surface area contributed by atoms with Crippen LogP contribution in [0, 0.1) is 11.8 Å². The van der Waals surface area contributed by atoms with E-state index in [2.05, 4.69) is 18.3 Å². The highest BCUT2D eigenvalue weighted by atomic mass is 16.2. The van der Waals surface area contributed by atoms with Gasteiger partial charge in [-0.2, -0.15) is 0 Å². The van der Waals surface area contributed by atoms with E-state index >= 15 is 0 Å². The molecular weight excluding hydrogens is 276 g/mol. The fraction of sp³-hybridized carbons (Fsp3) is 0.556. The van der Waals surface area contributed by atoms with Crippen molar-refractivity contribution in [2.24, 2.45) is 11.8 Å². The van der Waals surface area contributed by atoms with Gasteiger partial charge in [-0.05, 0) is 37.0 Å². The molecule has 1 aromatic carbocycles. The second-order valence-electron chi connectivity index (χ2n) is 6.30. The molecule has 0 unspecified atom stereocenters. The van der Waals surface area contributed by atoms with Crippen LogP contribution in [0.5, 0.6) is 0 Å². The number of hydrogen-bond acceptors (Lipinski definition) is 2. The SMILES string of the molecule is CCc1cccc(NC(=O)C2CCN(C(=O)C(C)C)CC2)c1. The van der Waals surface area contributed by atoms with Crippen molar-refractivity contribution in [3.63, 3.8) is 0 Å². The van der Waals surface area contributed by atoms with E-state index in [1.807, 2.05) is 36.9 Å². The minimum Gasteiger partial charge on any atom is -0.342 e. The molecule has 0 aliphatic carbocycles. The van der Waals surface area contributed by atoms with Gasteiger partial charge in [0.05, 0.1) is 0 Å². The van der Waals surface area contributed by atoms with Crippen LogP contribution in [-0.2, 0) is 16.0 Å². The Balaban J connectivity index is 1.88. The predicted molar refractivity (Wildman–Crippen MR) is 88.6 cm³/mol. The third-order valence-electron chi connectivity index (χ3n) is 4.27. The lowest BCUT2D eigenvalue weighted by Crippen LogP contribution is -2.43. The van der Waals surface area contributed by atoms with Gasteiger partial charge in [-0.3, -0.25) is 9.59 Å². The molecule has 0 spiro atoms. The Morgan fingerprint density at radius 1 is 1.27 bits per heavy atom. The Bertz CT molecular complexity index is 532. The average Bonchev–Trinajstić information content (AvgIpc) is 2.54. The smallest absolute Gasteiger partial charge is 0.227 e. The molecule has 2 rings (SSSR count). The zero-order valence-corrected chi connectivity index (χ0v) is 13.8. The number of nitrogens with zero attached hydrogens (tertiary/aromatic N) is 1. The highest BCUT2D eigenvalue weighted by Crippen LogP contribution is 2.21. The molecule has 1 aliphatic rings. The van der Waals surface area contributed by atoms with Crippen molar-refractivity contribution in [1.29, 1.82) is 0 Å². The molecule has 1 heterocycles. The summed E-state index contributed by atoms with van der Waals surface area (Å²) in [6, 6.07) is 7.98. The van der Waals surface area contributed by atoms with E-state index in [0.29, 0.717) is 13.1 Å². The van der Waals surface area contributed by atoms with Gasteiger partial charge >= 0.3 is 0 Å². The summed E-state index contributed by atoms with van der Waals surface area (Å²) in [6.07, 6.45) is 2.45. The number of amides is 2. The third-order valence-corrected chi connectivity index (χ3v) is 4.27. The molecule has 22 heavy (non-hydrogen) atoms. The summed E-state index contributed by atoms with van der Waals surface area (Å²) in [5.74, 6) is 0.294. The number of hydrogen-bond donors (Lipinski definition) is 1. The number of aryl methyl sites for hydroxylation is 1. The van der Waals surface area contributed by atoms with E-state index in [9.17, 15) is 9.59 Å². The Labute approximate surface area is 132 Å². The summed E-state index contributed by atoms with van der Waals surface area (Å²) in [7, 11) is 0. The number of piperidine rings is 1. The lowest BCUT2D eigenvalue weighted by molar-refractivity contribution is -0.137. The number of rotatable bonds is 4. The first-order chi connectivity index (χ1) is 10.5. The van der Waals surface area contributed by atoms with Gasteiger partial charge in [0, 0.05) is 30.6 Å². The molecule has 0 radical (unpaired) electrons. The highest BCUT2D eigenvalue weighted by Gasteiger charge is 2.28. The van der Waals surface area contributed by atoms with Crippen LogP contribution < -0.4 is 5.32 Å². The van der Waals surface area contributed by atoms with E-state index in [4.69, 9.17) is 0 Å². The van der Waals surface area contributed by atoms with E-state index < -0.39 is 0 Å². The van der Waals surface area contributed by atoms with Gasteiger partial charge in [-0.1, -0.05) is 32.9 Å². The van der Waals surface area contributed by atoms with Crippen molar-refractivity contribution < 1.29 is 9.59 Å². The number of nitrogens with one attached hydrogen (secondary N) is 1. The topological polar surface area (TPSA) is 49.4 Å². The molecule has 1 saturated heterocycles. The second-order valence-corrected chi connectivity index (χ2v) is 6.30. The quantitative estimate of drug-likeness (QED) is 0.929. The molecule has 1 N–H and O–H groups in total. The average molecular weight is 302 g/mol. The van der Waals surface area contributed by atoms with Crippen LogP contribution in [0.1, 0.15) is 39.2 Å². The summed E-state index contributed by atoms with van der Waals surface area (Å²) < 4.78 is 0.